The fourth-order valence-corrected chi connectivity index (χ4v) is 3.31. The van der Waals surface area contributed by atoms with Crippen molar-refractivity contribution in [1.82, 2.24) is 0 Å². The Balaban J connectivity index is 2.33. The third kappa shape index (κ3) is 3.54. The molecule has 1 aromatic carbocycles. The van der Waals surface area contributed by atoms with Crippen molar-refractivity contribution in [2.45, 2.75) is 33.6 Å². The molecule has 0 aliphatic carbocycles. The number of hydrogen-bond acceptors (Lipinski definition) is 3. The summed E-state index contributed by atoms with van der Waals surface area (Å²) in [7, 11) is 0. The summed E-state index contributed by atoms with van der Waals surface area (Å²) in [5.74, 6) is -0.486. The summed E-state index contributed by atoms with van der Waals surface area (Å²) in [6.07, 6.45) is 0. The molecule has 0 saturated heterocycles. The van der Waals surface area contributed by atoms with E-state index in [1.165, 1.54) is 11.3 Å². The van der Waals surface area contributed by atoms with Gasteiger partial charge >= 0.3 is 0 Å². The standard InChI is InChI=1S/C17H20N2O2S/c1-9(2)14-8-13(15(18)20)17(22-14)19-16(21)12-6-10(3)5-11(4)7-12/h5-9H,1-4H3,(H2,18,20)(H,19,21). The van der Waals surface area contributed by atoms with Crippen LogP contribution in [0.1, 0.15) is 56.5 Å². The Morgan fingerprint density at radius 3 is 2.18 bits per heavy atom. The van der Waals surface area contributed by atoms with Gasteiger partial charge in [0, 0.05) is 10.4 Å². The van der Waals surface area contributed by atoms with E-state index in [1.807, 2.05) is 45.9 Å². The number of thiophene rings is 1. The number of primary amides is 1. The summed E-state index contributed by atoms with van der Waals surface area (Å²) in [4.78, 5) is 25.0. The molecule has 0 aliphatic rings. The van der Waals surface area contributed by atoms with Crippen LogP contribution in [0.2, 0.25) is 0 Å². The van der Waals surface area contributed by atoms with Gasteiger partial charge < -0.3 is 11.1 Å². The van der Waals surface area contributed by atoms with E-state index in [4.69, 9.17) is 5.73 Å². The second-order valence-electron chi connectivity index (χ2n) is 5.74. The Morgan fingerprint density at radius 2 is 1.68 bits per heavy atom. The monoisotopic (exact) mass is 316 g/mol. The van der Waals surface area contributed by atoms with Crippen molar-refractivity contribution in [3.05, 3.63) is 51.4 Å². The van der Waals surface area contributed by atoms with Gasteiger partial charge in [0.15, 0.2) is 0 Å². The summed E-state index contributed by atoms with van der Waals surface area (Å²) in [5, 5.41) is 3.33. The van der Waals surface area contributed by atoms with Gasteiger partial charge in [-0.1, -0.05) is 31.0 Å². The topological polar surface area (TPSA) is 72.2 Å². The zero-order chi connectivity index (χ0) is 16.4. The molecule has 0 bridgehead atoms. The molecule has 0 aliphatic heterocycles. The summed E-state index contributed by atoms with van der Waals surface area (Å²) in [5.41, 5.74) is 8.40. The molecule has 2 aromatic rings. The van der Waals surface area contributed by atoms with E-state index in [9.17, 15) is 9.59 Å². The summed E-state index contributed by atoms with van der Waals surface area (Å²) in [6, 6.07) is 7.41. The maximum atomic E-state index is 12.4. The Kier molecular flexibility index (Phi) is 4.66. The van der Waals surface area contributed by atoms with E-state index in [2.05, 4.69) is 5.32 Å². The van der Waals surface area contributed by atoms with Crippen LogP contribution >= 0.6 is 11.3 Å². The van der Waals surface area contributed by atoms with Crippen LogP contribution in [0, 0.1) is 13.8 Å². The second-order valence-corrected chi connectivity index (χ2v) is 6.82. The maximum Gasteiger partial charge on any atom is 0.256 e. The maximum absolute atomic E-state index is 12.4. The van der Waals surface area contributed by atoms with E-state index >= 15 is 0 Å². The molecule has 1 aromatic heterocycles. The number of hydrogen-bond donors (Lipinski definition) is 2. The van der Waals surface area contributed by atoms with Gasteiger partial charge in [-0.25, -0.2) is 0 Å². The second kappa shape index (κ2) is 6.32. The minimum atomic E-state index is -0.529. The Hall–Kier alpha value is -2.14. The molecule has 0 saturated carbocycles. The Bertz CT molecular complexity index is 712. The number of carbonyl (C=O) groups excluding carboxylic acids is 2. The van der Waals surface area contributed by atoms with Crippen molar-refractivity contribution < 1.29 is 9.59 Å². The number of rotatable bonds is 4. The van der Waals surface area contributed by atoms with Crippen LogP contribution in [0.25, 0.3) is 0 Å². The lowest BCUT2D eigenvalue weighted by molar-refractivity contribution is 0.100. The van der Waals surface area contributed by atoms with Crippen molar-refractivity contribution in [3.63, 3.8) is 0 Å². The van der Waals surface area contributed by atoms with E-state index in [0.717, 1.165) is 16.0 Å². The minimum absolute atomic E-state index is 0.230. The van der Waals surface area contributed by atoms with E-state index < -0.39 is 5.91 Å². The Labute approximate surface area is 134 Å². The van der Waals surface area contributed by atoms with Gasteiger partial charge in [0.25, 0.3) is 11.8 Å². The van der Waals surface area contributed by atoms with Crippen molar-refractivity contribution in [3.8, 4) is 0 Å². The lowest BCUT2D eigenvalue weighted by Gasteiger charge is -2.07. The predicted octanol–water partition coefficient (Wildman–Crippen LogP) is 3.84. The van der Waals surface area contributed by atoms with Gasteiger partial charge in [-0.15, -0.1) is 11.3 Å². The van der Waals surface area contributed by atoms with Crippen molar-refractivity contribution in [1.29, 1.82) is 0 Å². The average molecular weight is 316 g/mol. The highest BCUT2D eigenvalue weighted by molar-refractivity contribution is 7.16. The van der Waals surface area contributed by atoms with E-state index in [0.29, 0.717) is 16.1 Å². The molecule has 0 unspecified atom stereocenters. The number of anilines is 1. The van der Waals surface area contributed by atoms with Gasteiger partial charge in [0.2, 0.25) is 0 Å². The highest BCUT2D eigenvalue weighted by atomic mass is 32.1. The van der Waals surface area contributed by atoms with Crippen molar-refractivity contribution in [2.75, 3.05) is 5.32 Å². The predicted molar refractivity (Wildman–Crippen MR) is 90.8 cm³/mol. The molecular formula is C17H20N2O2S. The quantitative estimate of drug-likeness (QED) is 0.899. The highest BCUT2D eigenvalue weighted by Gasteiger charge is 2.18. The van der Waals surface area contributed by atoms with Crippen LogP contribution in [0.3, 0.4) is 0 Å². The zero-order valence-electron chi connectivity index (χ0n) is 13.2. The first-order valence-electron chi connectivity index (χ1n) is 7.11. The largest absolute Gasteiger partial charge is 0.366 e. The number of carbonyl (C=O) groups is 2. The third-order valence-corrected chi connectivity index (χ3v) is 4.65. The van der Waals surface area contributed by atoms with Crippen LogP contribution in [0.5, 0.6) is 0 Å². The van der Waals surface area contributed by atoms with Crippen LogP contribution < -0.4 is 11.1 Å². The molecule has 2 rings (SSSR count). The van der Waals surface area contributed by atoms with Crippen LogP contribution in [0.4, 0.5) is 5.00 Å². The highest BCUT2D eigenvalue weighted by Crippen LogP contribution is 2.33. The zero-order valence-corrected chi connectivity index (χ0v) is 14.0. The van der Waals surface area contributed by atoms with Gasteiger partial charge in [-0.2, -0.15) is 0 Å². The van der Waals surface area contributed by atoms with Gasteiger partial charge in [0.1, 0.15) is 5.00 Å². The van der Waals surface area contributed by atoms with E-state index in [-0.39, 0.29) is 11.8 Å². The molecular weight excluding hydrogens is 296 g/mol. The molecule has 22 heavy (non-hydrogen) atoms. The molecule has 0 fully saturated rings. The third-order valence-electron chi connectivity index (χ3n) is 3.30. The first-order valence-corrected chi connectivity index (χ1v) is 7.92. The Morgan fingerprint density at radius 1 is 1.09 bits per heavy atom. The van der Waals surface area contributed by atoms with Crippen LogP contribution in [-0.4, -0.2) is 11.8 Å². The molecule has 0 radical (unpaired) electrons. The summed E-state index contributed by atoms with van der Waals surface area (Å²) < 4.78 is 0. The number of aryl methyl sites for hydroxylation is 2. The average Bonchev–Trinajstić information content (AvgIpc) is 2.81. The minimum Gasteiger partial charge on any atom is -0.366 e. The molecule has 2 amide bonds. The fraction of sp³-hybridized carbons (Fsp3) is 0.294. The number of benzene rings is 1. The first-order chi connectivity index (χ1) is 10.3. The fourth-order valence-electron chi connectivity index (χ4n) is 2.25. The number of nitrogens with one attached hydrogen (secondary N) is 1. The number of amides is 2. The van der Waals surface area contributed by atoms with Gasteiger partial charge in [-0.3, -0.25) is 9.59 Å². The van der Waals surface area contributed by atoms with Crippen LogP contribution in [-0.2, 0) is 0 Å². The smallest absolute Gasteiger partial charge is 0.256 e. The summed E-state index contributed by atoms with van der Waals surface area (Å²) >= 11 is 1.39. The molecule has 1 heterocycles. The van der Waals surface area contributed by atoms with Gasteiger partial charge in [0.05, 0.1) is 5.56 Å². The summed E-state index contributed by atoms with van der Waals surface area (Å²) in [6.45, 7) is 7.96. The lowest BCUT2D eigenvalue weighted by atomic mass is 10.1. The molecule has 5 heteroatoms. The van der Waals surface area contributed by atoms with Gasteiger partial charge in [-0.05, 0) is 38.0 Å². The van der Waals surface area contributed by atoms with Crippen molar-refractivity contribution in [2.24, 2.45) is 5.73 Å². The molecule has 3 N–H and O–H groups in total. The number of nitrogens with two attached hydrogens (primary N) is 1. The molecule has 0 spiro atoms. The molecule has 4 nitrogen and oxygen atoms in total. The van der Waals surface area contributed by atoms with Crippen LogP contribution in [0.15, 0.2) is 24.3 Å². The first kappa shape index (κ1) is 16.2. The molecule has 116 valence electrons. The molecule has 0 atom stereocenters. The lowest BCUT2D eigenvalue weighted by Crippen LogP contribution is -2.16. The van der Waals surface area contributed by atoms with E-state index in [1.54, 1.807) is 6.07 Å². The normalized spacial score (nSPS) is 10.8. The van der Waals surface area contributed by atoms with Crippen molar-refractivity contribution >= 4 is 28.2 Å². The SMILES string of the molecule is Cc1cc(C)cc(C(=O)Nc2sc(C(C)C)cc2C(N)=O)c1.